The predicted octanol–water partition coefficient (Wildman–Crippen LogP) is 3.78. The first-order valence-electron chi connectivity index (χ1n) is 9.54. The van der Waals surface area contributed by atoms with Crippen molar-refractivity contribution in [2.24, 2.45) is 0 Å². The smallest absolute Gasteiger partial charge is 0.257 e. The maximum Gasteiger partial charge on any atom is 0.257 e. The number of nitrogens with zero attached hydrogens (tertiary/aromatic N) is 3. The average molecular weight is 427 g/mol. The van der Waals surface area contributed by atoms with Gasteiger partial charge in [-0.1, -0.05) is 0 Å². The number of ketones is 1. The van der Waals surface area contributed by atoms with E-state index in [1.54, 1.807) is 23.2 Å². The van der Waals surface area contributed by atoms with Crippen molar-refractivity contribution in [3.63, 3.8) is 0 Å². The number of Topliss-reactive ketones (excluding diaryl/α,β-unsaturated/α-hetero) is 1. The molecule has 3 heterocycles. The number of morpholine rings is 1. The normalized spacial score (nSPS) is 13.6. The lowest BCUT2D eigenvalue weighted by Gasteiger charge is -2.27. The van der Waals surface area contributed by atoms with Crippen LogP contribution in [0.5, 0.6) is 0 Å². The molecule has 0 radical (unpaired) electrons. The summed E-state index contributed by atoms with van der Waals surface area (Å²) in [5, 5.41) is 4.12. The van der Waals surface area contributed by atoms with Gasteiger partial charge in [0.25, 0.3) is 5.91 Å². The van der Waals surface area contributed by atoms with Gasteiger partial charge in [-0.15, -0.1) is 12.4 Å². The lowest BCUT2D eigenvalue weighted by Crippen LogP contribution is -2.41. The van der Waals surface area contributed by atoms with Gasteiger partial charge in [0.2, 0.25) is 0 Å². The molecule has 8 heteroatoms. The van der Waals surface area contributed by atoms with Crippen molar-refractivity contribution in [3.8, 4) is 0 Å². The largest absolute Gasteiger partial charge is 0.378 e. The van der Waals surface area contributed by atoms with Crippen LogP contribution < -0.4 is 5.32 Å². The highest BCUT2D eigenvalue weighted by molar-refractivity contribution is 6.07. The minimum Gasteiger partial charge on any atom is -0.378 e. The second-order valence-corrected chi connectivity index (χ2v) is 7.03. The van der Waals surface area contributed by atoms with Crippen molar-refractivity contribution in [3.05, 3.63) is 59.4 Å². The zero-order valence-electron chi connectivity index (χ0n) is 16.8. The molecule has 0 unspecified atom stereocenters. The monoisotopic (exact) mass is 426 g/mol. The first-order chi connectivity index (χ1) is 14.0. The maximum atomic E-state index is 13.2. The summed E-state index contributed by atoms with van der Waals surface area (Å²) < 4.78 is 5.36. The first kappa shape index (κ1) is 21.7. The molecule has 1 aromatic carbocycles. The molecule has 1 aliphatic heterocycles. The quantitative estimate of drug-likeness (QED) is 0.639. The maximum absolute atomic E-state index is 13.2. The fraction of sp³-hybridized carbons (Fsp3) is 0.273. The highest BCUT2D eigenvalue weighted by Gasteiger charge is 2.23. The summed E-state index contributed by atoms with van der Waals surface area (Å²) in [4.78, 5) is 35.4. The lowest BCUT2D eigenvalue weighted by molar-refractivity contribution is 0.0303. The number of fused-ring (bicyclic) bond motifs is 1. The number of carbonyl (C=O) groups excluding carboxylic acids is 2. The summed E-state index contributed by atoms with van der Waals surface area (Å²) >= 11 is 0. The molecule has 0 spiro atoms. The van der Waals surface area contributed by atoms with Crippen molar-refractivity contribution in [1.29, 1.82) is 0 Å². The summed E-state index contributed by atoms with van der Waals surface area (Å²) in [5.74, 6) is -0.0834. The Morgan fingerprint density at radius 3 is 2.43 bits per heavy atom. The molecule has 3 aromatic rings. The number of nitrogens with one attached hydrogen (secondary N) is 1. The molecular weight excluding hydrogens is 404 g/mol. The van der Waals surface area contributed by atoms with E-state index >= 15 is 0 Å². The molecule has 1 N–H and O–H groups in total. The Balaban J connectivity index is 0.00000256. The van der Waals surface area contributed by atoms with Gasteiger partial charge in [-0.2, -0.15) is 0 Å². The molecule has 1 aliphatic rings. The van der Waals surface area contributed by atoms with E-state index in [-0.39, 0.29) is 24.1 Å². The zero-order valence-corrected chi connectivity index (χ0v) is 17.7. The van der Waals surface area contributed by atoms with Crippen LogP contribution in [0.25, 0.3) is 11.0 Å². The first-order valence-corrected chi connectivity index (χ1v) is 9.54. The van der Waals surface area contributed by atoms with Crippen molar-refractivity contribution < 1.29 is 14.3 Å². The van der Waals surface area contributed by atoms with E-state index in [0.29, 0.717) is 48.8 Å². The molecule has 4 rings (SSSR count). The number of amides is 1. The molecule has 1 fully saturated rings. The number of anilines is 2. The second-order valence-electron chi connectivity index (χ2n) is 7.03. The van der Waals surface area contributed by atoms with Gasteiger partial charge in [0, 0.05) is 41.6 Å². The Morgan fingerprint density at radius 2 is 1.77 bits per heavy atom. The van der Waals surface area contributed by atoms with E-state index in [1.165, 1.54) is 6.92 Å². The Morgan fingerprint density at radius 1 is 1.07 bits per heavy atom. The fourth-order valence-corrected chi connectivity index (χ4v) is 3.34. The number of benzene rings is 1. The molecule has 7 nitrogen and oxygen atoms in total. The summed E-state index contributed by atoms with van der Waals surface area (Å²) in [6.45, 7) is 5.60. The van der Waals surface area contributed by atoms with Gasteiger partial charge in [-0.25, -0.2) is 9.97 Å². The third-order valence-corrected chi connectivity index (χ3v) is 4.96. The van der Waals surface area contributed by atoms with Gasteiger partial charge in [-0.05, 0) is 50.2 Å². The molecule has 0 atom stereocenters. The number of aryl methyl sites for hydroxylation is 1. The molecule has 0 bridgehead atoms. The molecule has 1 amide bonds. The molecular formula is C22H23ClN4O3. The number of carbonyl (C=O) groups is 2. The van der Waals surface area contributed by atoms with Crippen LogP contribution >= 0.6 is 12.4 Å². The molecule has 0 saturated carbocycles. The second kappa shape index (κ2) is 9.19. The minimum atomic E-state index is -0.0915. The van der Waals surface area contributed by atoms with E-state index in [9.17, 15) is 9.59 Å². The fourth-order valence-electron chi connectivity index (χ4n) is 3.34. The molecule has 2 aromatic heterocycles. The third-order valence-electron chi connectivity index (χ3n) is 4.96. The van der Waals surface area contributed by atoms with Gasteiger partial charge in [0.1, 0.15) is 0 Å². The number of rotatable bonds is 4. The Labute approximate surface area is 180 Å². The predicted molar refractivity (Wildman–Crippen MR) is 118 cm³/mol. The highest BCUT2D eigenvalue weighted by atomic mass is 35.5. The van der Waals surface area contributed by atoms with Crippen LogP contribution in [0.2, 0.25) is 0 Å². The number of aromatic nitrogens is 2. The van der Waals surface area contributed by atoms with Gasteiger partial charge in [0.05, 0.1) is 24.5 Å². The Kier molecular flexibility index (Phi) is 6.64. The molecule has 156 valence electrons. The number of pyridine rings is 2. The minimum absolute atomic E-state index is 0. The number of hydrogen-bond donors (Lipinski definition) is 1. The van der Waals surface area contributed by atoms with Crippen LogP contribution in [0.3, 0.4) is 0 Å². The highest BCUT2D eigenvalue weighted by Crippen LogP contribution is 2.30. The SMILES string of the molecule is CC(=O)c1ccc(Nc2c(C(=O)N3CCOCC3)cnc3nc(C)ccc23)cc1.Cl. The van der Waals surface area contributed by atoms with E-state index in [1.807, 2.05) is 31.2 Å². The lowest BCUT2D eigenvalue weighted by atomic mass is 10.1. The molecule has 30 heavy (non-hydrogen) atoms. The number of ether oxygens (including phenoxy) is 1. The van der Waals surface area contributed by atoms with Crippen molar-refractivity contribution in [2.45, 2.75) is 13.8 Å². The van der Waals surface area contributed by atoms with Crippen LogP contribution in [0, 0.1) is 6.92 Å². The number of hydrogen-bond acceptors (Lipinski definition) is 6. The summed E-state index contributed by atoms with van der Waals surface area (Å²) in [6.07, 6.45) is 1.58. The van der Waals surface area contributed by atoms with E-state index in [0.717, 1.165) is 16.8 Å². The molecule has 0 aliphatic carbocycles. The van der Waals surface area contributed by atoms with Crippen LogP contribution in [-0.2, 0) is 4.74 Å². The van der Waals surface area contributed by atoms with Gasteiger partial charge >= 0.3 is 0 Å². The van der Waals surface area contributed by atoms with Gasteiger partial charge < -0.3 is 15.0 Å². The van der Waals surface area contributed by atoms with E-state index in [2.05, 4.69) is 15.3 Å². The van der Waals surface area contributed by atoms with Gasteiger partial charge in [0.15, 0.2) is 11.4 Å². The Hall–Kier alpha value is -3.03. The van der Waals surface area contributed by atoms with Crippen LogP contribution in [0.4, 0.5) is 11.4 Å². The van der Waals surface area contributed by atoms with Gasteiger partial charge in [-0.3, -0.25) is 9.59 Å². The van der Waals surface area contributed by atoms with E-state index in [4.69, 9.17) is 4.74 Å². The summed E-state index contributed by atoms with van der Waals surface area (Å²) in [6, 6.07) is 11.0. The topological polar surface area (TPSA) is 84.4 Å². The van der Waals surface area contributed by atoms with Crippen LogP contribution in [0.1, 0.15) is 33.3 Å². The average Bonchev–Trinajstić information content (AvgIpc) is 2.74. The molecule has 1 saturated heterocycles. The van der Waals surface area contributed by atoms with Crippen LogP contribution in [0.15, 0.2) is 42.6 Å². The third kappa shape index (κ3) is 4.42. The zero-order chi connectivity index (χ0) is 20.4. The van der Waals surface area contributed by atoms with Crippen molar-refractivity contribution >= 4 is 46.5 Å². The summed E-state index contributed by atoms with van der Waals surface area (Å²) in [7, 11) is 0. The Bertz CT molecular complexity index is 1080. The number of halogens is 1. The van der Waals surface area contributed by atoms with Crippen molar-refractivity contribution in [1.82, 2.24) is 14.9 Å². The van der Waals surface area contributed by atoms with Crippen molar-refractivity contribution in [2.75, 3.05) is 31.6 Å². The standard InChI is InChI=1S/C22H22N4O3.ClH/c1-14-3-8-18-20(25-17-6-4-16(5-7-17)15(2)27)19(13-23-21(18)24-14)22(28)26-9-11-29-12-10-26;/h3-8,13H,9-12H2,1-2H3,(H,23,24,25);1H. The van der Waals surface area contributed by atoms with Crippen LogP contribution in [-0.4, -0.2) is 52.9 Å². The van der Waals surface area contributed by atoms with E-state index < -0.39 is 0 Å². The summed E-state index contributed by atoms with van der Waals surface area (Å²) in [5.41, 5.74) is 3.99.